The Bertz CT molecular complexity index is 1010. The predicted molar refractivity (Wildman–Crippen MR) is 86.3 cm³/mol. The Morgan fingerprint density at radius 3 is 2.12 bits per heavy atom. The van der Waals surface area contributed by atoms with Crippen LogP contribution in [0.5, 0.6) is 0 Å². The van der Waals surface area contributed by atoms with E-state index in [1.54, 1.807) is 0 Å². The second-order valence-corrected chi connectivity index (χ2v) is 10.0. The summed E-state index contributed by atoms with van der Waals surface area (Å²) in [4.78, 5) is -0.496. The smallest absolute Gasteiger partial charge is 0.249 e. The molecule has 0 saturated carbocycles. The van der Waals surface area contributed by atoms with Crippen molar-refractivity contribution in [2.45, 2.75) is 28.1 Å². The Labute approximate surface area is 149 Å². The highest BCUT2D eigenvalue weighted by molar-refractivity contribution is 7.92. The third kappa shape index (κ3) is 3.35. The van der Waals surface area contributed by atoms with E-state index in [9.17, 15) is 25.6 Å². The molecule has 1 fully saturated rings. The summed E-state index contributed by atoms with van der Waals surface area (Å²) < 4.78 is 79.2. The summed E-state index contributed by atoms with van der Waals surface area (Å²) in [6.07, 6.45) is 1.36. The van der Waals surface area contributed by atoms with Gasteiger partial charge in [-0.15, -0.1) is 10.2 Å². The first kappa shape index (κ1) is 18.9. The van der Waals surface area contributed by atoms with Gasteiger partial charge in [0.25, 0.3) is 0 Å². The van der Waals surface area contributed by atoms with Crippen LogP contribution in [0, 0.1) is 11.6 Å². The van der Waals surface area contributed by atoms with E-state index in [1.165, 1.54) is 17.9 Å². The number of aromatic nitrogens is 3. The average Bonchev–Trinajstić information content (AvgIpc) is 3.01. The maximum atomic E-state index is 13.3. The molecule has 0 spiro atoms. The topological polar surface area (TPSA) is 102 Å². The SMILES string of the molecule is Cn1cnnc1S(=O)(=O)C1CCN(S(=O)(=O)c2cc(F)cc(F)c2)CC1. The van der Waals surface area contributed by atoms with Crippen LogP contribution in [0.4, 0.5) is 8.78 Å². The van der Waals surface area contributed by atoms with Crippen molar-refractivity contribution in [1.29, 1.82) is 0 Å². The molecule has 0 N–H and O–H groups in total. The fourth-order valence-electron chi connectivity index (χ4n) is 2.89. The molecule has 0 bridgehead atoms. The highest BCUT2D eigenvalue weighted by Gasteiger charge is 2.37. The van der Waals surface area contributed by atoms with Crippen molar-refractivity contribution in [1.82, 2.24) is 19.1 Å². The summed E-state index contributed by atoms with van der Waals surface area (Å²) in [5, 5.41) is 6.18. The lowest BCUT2D eigenvalue weighted by molar-refractivity contribution is 0.344. The molecule has 1 saturated heterocycles. The van der Waals surface area contributed by atoms with Crippen LogP contribution < -0.4 is 0 Å². The molecule has 0 aliphatic carbocycles. The van der Waals surface area contributed by atoms with Gasteiger partial charge in [-0.3, -0.25) is 0 Å². The number of hydrogen-bond donors (Lipinski definition) is 0. The normalized spacial score (nSPS) is 17.5. The molecule has 0 unspecified atom stereocenters. The summed E-state index contributed by atoms with van der Waals surface area (Å²) in [7, 11) is -6.36. The first-order valence-electron chi connectivity index (χ1n) is 7.66. The van der Waals surface area contributed by atoms with Gasteiger partial charge in [-0.25, -0.2) is 25.6 Å². The van der Waals surface area contributed by atoms with Gasteiger partial charge in [0.1, 0.15) is 18.0 Å². The molecule has 1 aliphatic heterocycles. The molecule has 26 heavy (non-hydrogen) atoms. The van der Waals surface area contributed by atoms with E-state index in [-0.39, 0.29) is 31.1 Å². The second-order valence-electron chi connectivity index (χ2n) is 5.98. The monoisotopic (exact) mass is 406 g/mol. The number of piperidine rings is 1. The first-order chi connectivity index (χ1) is 12.1. The van der Waals surface area contributed by atoms with Gasteiger partial charge in [0.2, 0.25) is 25.0 Å². The van der Waals surface area contributed by atoms with E-state index in [0.29, 0.717) is 6.07 Å². The molecular weight excluding hydrogens is 390 g/mol. The van der Waals surface area contributed by atoms with Gasteiger partial charge in [-0.2, -0.15) is 4.31 Å². The van der Waals surface area contributed by atoms with Crippen molar-refractivity contribution >= 4 is 19.9 Å². The Balaban J connectivity index is 1.79. The van der Waals surface area contributed by atoms with Gasteiger partial charge in [-0.1, -0.05) is 0 Å². The molecule has 1 aliphatic rings. The molecule has 2 heterocycles. The van der Waals surface area contributed by atoms with Crippen LogP contribution in [-0.2, 0) is 26.9 Å². The summed E-state index contributed by atoms with van der Waals surface area (Å²) in [5.74, 6) is -1.99. The zero-order valence-electron chi connectivity index (χ0n) is 13.7. The number of halogens is 2. The number of rotatable bonds is 4. The largest absolute Gasteiger partial charge is 0.308 e. The van der Waals surface area contributed by atoms with E-state index in [4.69, 9.17) is 0 Å². The van der Waals surface area contributed by atoms with Gasteiger partial charge in [0.05, 0.1) is 10.1 Å². The zero-order chi connectivity index (χ0) is 19.1. The van der Waals surface area contributed by atoms with Gasteiger partial charge in [0.15, 0.2) is 0 Å². The van der Waals surface area contributed by atoms with Gasteiger partial charge in [-0.05, 0) is 25.0 Å². The molecule has 8 nitrogen and oxygen atoms in total. The van der Waals surface area contributed by atoms with Crippen LogP contribution >= 0.6 is 0 Å². The van der Waals surface area contributed by atoms with Crippen molar-refractivity contribution in [3.05, 3.63) is 36.2 Å². The van der Waals surface area contributed by atoms with Crippen LogP contribution in [-0.4, -0.2) is 54.2 Å². The number of sulfonamides is 1. The number of nitrogens with zero attached hydrogens (tertiary/aromatic N) is 4. The Kier molecular flexibility index (Phi) is 4.84. The minimum atomic E-state index is -4.11. The maximum Gasteiger partial charge on any atom is 0.249 e. The number of sulfone groups is 1. The molecule has 0 amide bonds. The Morgan fingerprint density at radius 1 is 1.04 bits per heavy atom. The number of hydrogen-bond acceptors (Lipinski definition) is 6. The summed E-state index contributed by atoms with van der Waals surface area (Å²) in [6.45, 7) is -0.162. The predicted octanol–water partition coefficient (Wildman–Crippen LogP) is 0.720. The molecule has 1 aromatic heterocycles. The molecule has 2 aromatic rings. The molecule has 0 atom stereocenters. The third-order valence-electron chi connectivity index (χ3n) is 4.24. The first-order valence-corrected chi connectivity index (χ1v) is 10.6. The van der Waals surface area contributed by atoms with E-state index in [1.807, 2.05) is 0 Å². The van der Waals surface area contributed by atoms with Gasteiger partial charge >= 0.3 is 0 Å². The minimum absolute atomic E-state index is 0.0478. The fourth-order valence-corrected chi connectivity index (χ4v) is 6.14. The van der Waals surface area contributed by atoms with Crippen molar-refractivity contribution in [3.8, 4) is 0 Å². The quantitative estimate of drug-likeness (QED) is 0.741. The lowest BCUT2D eigenvalue weighted by Gasteiger charge is -2.30. The molecule has 1 aromatic carbocycles. The summed E-state index contributed by atoms with van der Waals surface area (Å²) >= 11 is 0. The van der Waals surface area contributed by atoms with Crippen molar-refractivity contribution in [2.24, 2.45) is 7.05 Å². The standard InChI is InChI=1S/C14H16F2N4O4S2/c1-19-9-17-18-14(19)25(21,22)12-2-4-20(5-3-12)26(23,24)13-7-10(15)6-11(16)8-13/h6-9,12H,2-5H2,1H3. The van der Waals surface area contributed by atoms with Crippen molar-refractivity contribution in [3.63, 3.8) is 0 Å². The van der Waals surface area contributed by atoms with Gasteiger partial charge < -0.3 is 4.57 Å². The van der Waals surface area contributed by atoms with E-state index in [2.05, 4.69) is 10.2 Å². The highest BCUT2D eigenvalue weighted by Crippen LogP contribution is 2.27. The van der Waals surface area contributed by atoms with Crippen LogP contribution in [0.25, 0.3) is 0 Å². The molecule has 0 radical (unpaired) electrons. The molecule has 142 valence electrons. The van der Waals surface area contributed by atoms with E-state index >= 15 is 0 Å². The Morgan fingerprint density at radius 2 is 1.62 bits per heavy atom. The zero-order valence-corrected chi connectivity index (χ0v) is 15.3. The van der Waals surface area contributed by atoms with E-state index in [0.717, 1.165) is 16.4 Å². The van der Waals surface area contributed by atoms with Crippen LogP contribution in [0.3, 0.4) is 0 Å². The van der Waals surface area contributed by atoms with Crippen molar-refractivity contribution in [2.75, 3.05) is 13.1 Å². The summed E-state index contributed by atoms with van der Waals surface area (Å²) in [5.41, 5.74) is 0. The third-order valence-corrected chi connectivity index (χ3v) is 8.34. The van der Waals surface area contributed by atoms with Crippen LogP contribution in [0.15, 0.2) is 34.6 Å². The van der Waals surface area contributed by atoms with Gasteiger partial charge in [0, 0.05) is 26.2 Å². The minimum Gasteiger partial charge on any atom is -0.308 e. The van der Waals surface area contributed by atoms with Crippen LogP contribution in [0.2, 0.25) is 0 Å². The van der Waals surface area contributed by atoms with Crippen LogP contribution in [0.1, 0.15) is 12.8 Å². The number of benzene rings is 1. The Hall–Kier alpha value is -1.92. The average molecular weight is 406 g/mol. The molecule has 12 heteroatoms. The lowest BCUT2D eigenvalue weighted by atomic mass is 10.2. The fraction of sp³-hybridized carbons (Fsp3) is 0.429. The molecular formula is C14H16F2N4O4S2. The molecule has 3 rings (SSSR count). The summed E-state index contributed by atoms with van der Waals surface area (Å²) in [6, 6.07) is 2.06. The second kappa shape index (κ2) is 6.67. The number of aryl methyl sites for hydroxylation is 1. The van der Waals surface area contributed by atoms with E-state index < -0.39 is 41.6 Å². The highest BCUT2D eigenvalue weighted by atomic mass is 32.2. The van der Waals surface area contributed by atoms with Crippen molar-refractivity contribution < 1.29 is 25.6 Å². The maximum absolute atomic E-state index is 13.3. The lowest BCUT2D eigenvalue weighted by Crippen LogP contribution is -2.42.